The normalized spacial score (nSPS) is 15.3. The van der Waals surface area contributed by atoms with E-state index in [1.165, 1.54) is 0 Å². The summed E-state index contributed by atoms with van der Waals surface area (Å²) in [6.45, 7) is 3.97. The molecule has 6 nitrogen and oxygen atoms in total. The molecule has 6 heteroatoms. The number of carbonyl (C=O) groups excluding carboxylic acids is 1. The van der Waals surface area contributed by atoms with Gasteiger partial charge in [-0.1, -0.05) is 12.3 Å². The third-order valence-corrected chi connectivity index (χ3v) is 4.42. The number of hydrogen-bond donors (Lipinski definition) is 3. The Morgan fingerprint density at radius 3 is 2.81 bits per heavy atom. The fourth-order valence-corrected chi connectivity index (χ4v) is 2.40. The molecule has 1 unspecified atom stereocenters. The van der Waals surface area contributed by atoms with E-state index in [1.807, 2.05) is 13.8 Å². The third-order valence-electron chi connectivity index (χ3n) is 4.42. The predicted octanol–water partition coefficient (Wildman–Crippen LogP) is 2.04. The Bertz CT molecular complexity index is 727. The van der Waals surface area contributed by atoms with Gasteiger partial charge in [0.05, 0.1) is 11.1 Å². The molecular weight excluding hydrogens is 330 g/mol. The first kappa shape index (κ1) is 19.8. The molecule has 26 heavy (non-hydrogen) atoms. The number of anilines is 1. The molecule has 1 amide bonds. The lowest BCUT2D eigenvalue weighted by Crippen LogP contribution is -2.43. The molecule has 0 radical (unpaired) electrons. The number of terminal acetylenes is 1. The van der Waals surface area contributed by atoms with Crippen molar-refractivity contribution in [2.75, 3.05) is 18.5 Å². The van der Waals surface area contributed by atoms with Crippen molar-refractivity contribution in [2.24, 2.45) is 5.92 Å². The number of rotatable bonds is 8. The summed E-state index contributed by atoms with van der Waals surface area (Å²) in [6, 6.07) is 6.96. The Morgan fingerprint density at radius 1 is 1.50 bits per heavy atom. The van der Waals surface area contributed by atoms with E-state index in [1.54, 1.807) is 18.2 Å². The monoisotopic (exact) mass is 355 g/mol. The summed E-state index contributed by atoms with van der Waals surface area (Å²) in [6.07, 6.45) is 7.53. The van der Waals surface area contributed by atoms with E-state index in [4.69, 9.17) is 11.2 Å². The number of nitrogens with one attached hydrogen (secondary N) is 2. The summed E-state index contributed by atoms with van der Waals surface area (Å²) < 4.78 is 5.55. The van der Waals surface area contributed by atoms with Gasteiger partial charge < -0.3 is 15.2 Å². The fraction of sp³-hybridized carbons (Fsp3) is 0.500. The lowest BCUT2D eigenvalue weighted by Gasteiger charge is -2.24. The smallest absolute Gasteiger partial charge is 0.227 e. The molecule has 0 heterocycles. The zero-order chi connectivity index (χ0) is 19.2. The van der Waals surface area contributed by atoms with Crippen LogP contribution in [-0.4, -0.2) is 35.8 Å². The van der Waals surface area contributed by atoms with Crippen LogP contribution < -0.4 is 15.4 Å². The van der Waals surface area contributed by atoms with Crippen molar-refractivity contribution in [1.82, 2.24) is 5.32 Å². The predicted molar refractivity (Wildman–Crippen MR) is 99.5 cm³/mol. The summed E-state index contributed by atoms with van der Waals surface area (Å²) >= 11 is 0. The Labute approximate surface area is 154 Å². The van der Waals surface area contributed by atoms with Crippen LogP contribution in [0.15, 0.2) is 18.2 Å². The number of benzene rings is 1. The van der Waals surface area contributed by atoms with Gasteiger partial charge in [0.1, 0.15) is 24.5 Å². The number of aliphatic hydroxyl groups is 1. The summed E-state index contributed by atoms with van der Waals surface area (Å²) in [7, 11) is 0. The number of aliphatic hydroxyl groups excluding tert-OH is 1. The number of hydrogen-bond acceptors (Lipinski definition) is 5. The molecular formula is C20H25N3O3. The van der Waals surface area contributed by atoms with Gasteiger partial charge in [-0.05, 0) is 44.9 Å². The summed E-state index contributed by atoms with van der Waals surface area (Å²) in [5, 5.41) is 25.2. The average molecular weight is 355 g/mol. The summed E-state index contributed by atoms with van der Waals surface area (Å²) in [5.74, 6) is 3.02. The second-order valence-corrected chi connectivity index (χ2v) is 7.05. The minimum absolute atomic E-state index is 0.00793. The van der Waals surface area contributed by atoms with Gasteiger partial charge in [-0.15, -0.1) is 6.42 Å². The van der Waals surface area contributed by atoms with Gasteiger partial charge in [0.15, 0.2) is 0 Å². The lowest BCUT2D eigenvalue weighted by atomic mass is 9.85. The van der Waals surface area contributed by atoms with Crippen molar-refractivity contribution < 1.29 is 14.6 Å². The Balaban J connectivity index is 1.90. The van der Waals surface area contributed by atoms with Crippen molar-refractivity contribution >= 4 is 11.6 Å². The second kappa shape index (κ2) is 8.71. The Morgan fingerprint density at radius 2 is 2.23 bits per heavy atom. The van der Waals surface area contributed by atoms with Crippen LogP contribution in [0.3, 0.4) is 0 Å². The summed E-state index contributed by atoms with van der Waals surface area (Å²) in [4.78, 5) is 12.0. The number of ether oxygens (including phenoxy) is 1. The van der Waals surface area contributed by atoms with E-state index in [-0.39, 0.29) is 25.0 Å². The van der Waals surface area contributed by atoms with Crippen LogP contribution in [-0.2, 0) is 4.79 Å². The van der Waals surface area contributed by atoms with Gasteiger partial charge >= 0.3 is 0 Å². The van der Waals surface area contributed by atoms with Crippen molar-refractivity contribution in [3.8, 4) is 24.2 Å². The fourth-order valence-electron chi connectivity index (χ4n) is 2.40. The molecule has 1 aromatic carbocycles. The molecule has 1 aromatic rings. The van der Waals surface area contributed by atoms with Crippen molar-refractivity contribution in [3.05, 3.63) is 23.8 Å². The second-order valence-electron chi connectivity index (χ2n) is 7.05. The number of amides is 1. The highest BCUT2D eigenvalue weighted by molar-refractivity contribution is 5.93. The molecule has 3 N–H and O–H groups in total. The van der Waals surface area contributed by atoms with E-state index in [0.29, 0.717) is 17.0 Å². The molecule has 0 aliphatic heterocycles. The van der Waals surface area contributed by atoms with Gasteiger partial charge in [0.2, 0.25) is 5.91 Å². The molecule has 1 atom stereocenters. The van der Waals surface area contributed by atoms with Crippen LogP contribution in [0, 0.1) is 29.6 Å². The average Bonchev–Trinajstić information content (AvgIpc) is 2.57. The van der Waals surface area contributed by atoms with E-state index in [0.717, 1.165) is 19.3 Å². The van der Waals surface area contributed by atoms with Crippen LogP contribution in [0.1, 0.15) is 38.7 Å². The highest BCUT2D eigenvalue weighted by Crippen LogP contribution is 2.28. The van der Waals surface area contributed by atoms with Crippen LogP contribution in [0.2, 0.25) is 0 Å². The zero-order valence-corrected chi connectivity index (χ0v) is 15.2. The van der Waals surface area contributed by atoms with Gasteiger partial charge in [0, 0.05) is 18.2 Å². The molecule has 0 aromatic heterocycles. The first-order valence-electron chi connectivity index (χ1n) is 8.73. The minimum Gasteiger partial charge on any atom is -0.489 e. The van der Waals surface area contributed by atoms with E-state index >= 15 is 0 Å². The Hall–Kier alpha value is -2.54. The molecule has 0 spiro atoms. The van der Waals surface area contributed by atoms with E-state index in [9.17, 15) is 15.2 Å². The maximum Gasteiger partial charge on any atom is 0.227 e. The van der Waals surface area contributed by atoms with Crippen LogP contribution in [0.5, 0.6) is 5.75 Å². The van der Waals surface area contributed by atoms with Gasteiger partial charge in [-0.25, -0.2) is 0 Å². The highest BCUT2D eigenvalue weighted by atomic mass is 16.5. The van der Waals surface area contributed by atoms with Gasteiger partial charge in [-0.2, -0.15) is 5.26 Å². The molecule has 1 aliphatic carbocycles. The summed E-state index contributed by atoms with van der Waals surface area (Å²) in [5.41, 5.74) is 0.364. The molecule has 138 valence electrons. The first-order chi connectivity index (χ1) is 12.3. The topological polar surface area (TPSA) is 94.4 Å². The lowest BCUT2D eigenvalue weighted by molar-refractivity contribution is -0.122. The third kappa shape index (κ3) is 5.49. The van der Waals surface area contributed by atoms with E-state index < -0.39 is 11.6 Å². The quantitative estimate of drug-likeness (QED) is 0.621. The van der Waals surface area contributed by atoms with Crippen LogP contribution in [0.25, 0.3) is 0 Å². The number of β-amino-alcohol motifs (C(OH)–C–C–N with tert-alkyl or cyclic N) is 1. The molecule has 1 fully saturated rings. The molecule has 1 saturated carbocycles. The first-order valence-corrected chi connectivity index (χ1v) is 8.73. The van der Waals surface area contributed by atoms with Crippen LogP contribution in [0.4, 0.5) is 5.69 Å². The number of nitrogens with zero attached hydrogens (tertiary/aromatic N) is 1. The molecule has 2 rings (SSSR count). The van der Waals surface area contributed by atoms with Crippen molar-refractivity contribution in [1.29, 1.82) is 5.26 Å². The largest absolute Gasteiger partial charge is 0.489 e. The Kier molecular flexibility index (Phi) is 6.63. The molecule has 1 aliphatic rings. The highest BCUT2D eigenvalue weighted by Gasteiger charge is 2.25. The SMILES string of the molecule is C#CC(C)(C)NCC(O)COc1ccc(NC(=O)C2CCC2)cc1C#N. The maximum absolute atomic E-state index is 12.0. The van der Waals surface area contributed by atoms with Crippen molar-refractivity contribution in [2.45, 2.75) is 44.8 Å². The number of carbonyl (C=O) groups is 1. The zero-order valence-electron chi connectivity index (χ0n) is 15.2. The molecule has 0 saturated heterocycles. The van der Waals surface area contributed by atoms with Crippen molar-refractivity contribution in [3.63, 3.8) is 0 Å². The van der Waals surface area contributed by atoms with Gasteiger partial charge in [-0.3, -0.25) is 10.1 Å². The molecule has 0 bridgehead atoms. The standard InChI is InChI=1S/C20H25N3O3/c1-4-20(2,3)22-12-17(24)13-26-18-9-8-16(10-15(18)11-21)23-19(25)14-6-5-7-14/h1,8-10,14,17,22,24H,5-7,12-13H2,2-3H3,(H,23,25). The van der Waals surface area contributed by atoms with E-state index in [2.05, 4.69) is 22.6 Å². The van der Waals surface area contributed by atoms with Crippen LogP contribution >= 0.6 is 0 Å². The maximum atomic E-state index is 12.0. The van der Waals surface area contributed by atoms with Gasteiger partial charge in [0.25, 0.3) is 0 Å². The number of nitriles is 1. The minimum atomic E-state index is -0.771.